The third kappa shape index (κ3) is 8.21. The van der Waals surface area contributed by atoms with Crippen molar-refractivity contribution in [2.75, 3.05) is 47.1 Å². The third-order valence-corrected chi connectivity index (χ3v) is 5.82. The molecule has 0 atom stereocenters. The Labute approximate surface area is 115 Å². The topological polar surface area (TPSA) is 30.9 Å². The molecule has 0 rings (SSSR count). The zero-order valence-corrected chi connectivity index (χ0v) is 14.2. The van der Waals surface area contributed by atoms with Crippen LogP contribution in [0, 0.1) is 0 Å². The van der Waals surface area contributed by atoms with Gasteiger partial charge in [0.15, 0.2) is 0 Å². The number of rotatable bonds is 12. The molecule has 4 nitrogen and oxygen atoms in total. The molecule has 0 saturated heterocycles. The molecule has 0 amide bonds. The van der Waals surface area contributed by atoms with E-state index in [1.165, 1.54) is 6.04 Å². The van der Waals surface area contributed by atoms with Crippen LogP contribution in [0.1, 0.15) is 27.2 Å². The first-order valence-electron chi connectivity index (χ1n) is 7.02. The highest BCUT2D eigenvalue weighted by Crippen LogP contribution is 2.10. The second kappa shape index (κ2) is 10.9. The normalized spacial score (nSPS) is 13.0. The standard InChI is InChI=1S/C13H31NO3Si/c1-6-14(7-2)9-11-17-10-8-12-18-13(3,15-4)16-5/h6-12,18H2,1-5H3. The zero-order valence-electron chi connectivity index (χ0n) is 12.8. The molecule has 0 aromatic rings. The molecule has 0 fully saturated rings. The van der Waals surface area contributed by atoms with E-state index in [1.54, 1.807) is 14.2 Å². The van der Waals surface area contributed by atoms with Gasteiger partial charge in [-0.3, -0.25) is 0 Å². The number of hydrogen-bond acceptors (Lipinski definition) is 4. The maximum atomic E-state index is 5.65. The molecule has 0 radical (unpaired) electrons. The van der Waals surface area contributed by atoms with Gasteiger partial charge in [-0.2, -0.15) is 0 Å². The van der Waals surface area contributed by atoms with Gasteiger partial charge < -0.3 is 19.1 Å². The molecule has 5 heteroatoms. The Kier molecular flexibility index (Phi) is 11.0. The molecule has 0 aromatic heterocycles. The number of ether oxygens (including phenoxy) is 3. The molecule has 0 aliphatic carbocycles. The van der Waals surface area contributed by atoms with Crippen molar-refractivity contribution in [2.24, 2.45) is 0 Å². The van der Waals surface area contributed by atoms with Gasteiger partial charge in [-0.1, -0.05) is 19.9 Å². The van der Waals surface area contributed by atoms with Crippen molar-refractivity contribution in [3.8, 4) is 0 Å². The Morgan fingerprint density at radius 1 is 1.06 bits per heavy atom. The largest absolute Gasteiger partial charge is 0.380 e. The smallest absolute Gasteiger partial charge is 0.141 e. The second-order valence-electron chi connectivity index (χ2n) is 4.64. The molecule has 0 spiro atoms. The molecular formula is C13H31NO3Si. The van der Waals surface area contributed by atoms with Crippen LogP contribution in [0.5, 0.6) is 0 Å². The van der Waals surface area contributed by atoms with E-state index in [1.807, 2.05) is 6.92 Å². The molecule has 0 heterocycles. The highest BCUT2D eigenvalue weighted by Gasteiger charge is 2.21. The van der Waals surface area contributed by atoms with E-state index in [0.717, 1.165) is 39.3 Å². The predicted molar refractivity (Wildman–Crippen MR) is 79.0 cm³/mol. The minimum Gasteiger partial charge on any atom is -0.380 e. The molecule has 0 aromatic carbocycles. The molecule has 0 saturated carbocycles. The van der Waals surface area contributed by atoms with Crippen LogP contribution in [-0.2, 0) is 14.2 Å². The van der Waals surface area contributed by atoms with Crippen molar-refractivity contribution in [3.63, 3.8) is 0 Å². The summed E-state index contributed by atoms with van der Waals surface area (Å²) < 4.78 is 16.4. The summed E-state index contributed by atoms with van der Waals surface area (Å²) in [5.41, 5.74) is -0.304. The van der Waals surface area contributed by atoms with Crippen LogP contribution in [0.25, 0.3) is 0 Å². The van der Waals surface area contributed by atoms with Gasteiger partial charge in [-0.15, -0.1) is 0 Å². The summed E-state index contributed by atoms with van der Waals surface area (Å²) in [4.78, 5) is 2.38. The fraction of sp³-hybridized carbons (Fsp3) is 1.00. The van der Waals surface area contributed by atoms with Crippen molar-refractivity contribution in [2.45, 2.75) is 38.6 Å². The van der Waals surface area contributed by atoms with Gasteiger partial charge in [0.05, 0.1) is 16.1 Å². The highest BCUT2D eigenvalue weighted by atomic mass is 28.2. The number of likely N-dealkylation sites (N-methyl/N-ethyl adjacent to an activating group) is 1. The molecule has 0 N–H and O–H groups in total. The summed E-state index contributed by atoms with van der Waals surface area (Å²) in [6.45, 7) is 11.3. The second-order valence-corrected chi connectivity index (χ2v) is 7.13. The maximum absolute atomic E-state index is 5.65. The molecular weight excluding hydrogens is 246 g/mol. The zero-order chi connectivity index (χ0) is 13.9. The van der Waals surface area contributed by atoms with E-state index in [-0.39, 0.29) is 14.9 Å². The summed E-state index contributed by atoms with van der Waals surface area (Å²) in [6, 6.07) is 1.20. The summed E-state index contributed by atoms with van der Waals surface area (Å²) in [7, 11) is 3.07. The molecule has 18 heavy (non-hydrogen) atoms. The fourth-order valence-corrected chi connectivity index (χ4v) is 3.28. The Morgan fingerprint density at radius 2 is 1.67 bits per heavy atom. The van der Waals surface area contributed by atoms with E-state index in [4.69, 9.17) is 14.2 Å². The van der Waals surface area contributed by atoms with E-state index in [0.29, 0.717) is 0 Å². The SMILES string of the molecule is CCN(CC)CCOCCC[SiH2]C(C)(OC)OC. The summed E-state index contributed by atoms with van der Waals surface area (Å²) in [5.74, 6) is 0. The molecule has 110 valence electrons. The van der Waals surface area contributed by atoms with Gasteiger partial charge in [0, 0.05) is 27.4 Å². The van der Waals surface area contributed by atoms with E-state index >= 15 is 0 Å². The lowest BCUT2D eigenvalue weighted by atomic mass is 10.5. The monoisotopic (exact) mass is 277 g/mol. The van der Waals surface area contributed by atoms with Crippen LogP contribution in [0.3, 0.4) is 0 Å². The summed E-state index contributed by atoms with van der Waals surface area (Å²) in [5, 5.41) is 0. The fourth-order valence-electron chi connectivity index (χ4n) is 1.77. The first kappa shape index (κ1) is 18.1. The summed E-state index contributed by atoms with van der Waals surface area (Å²) >= 11 is 0. The van der Waals surface area contributed by atoms with Gasteiger partial charge in [0.2, 0.25) is 0 Å². The van der Waals surface area contributed by atoms with Gasteiger partial charge in [0.1, 0.15) is 5.41 Å². The average molecular weight is 277 g/mol. The summed E-state index contributed by atoms with van der Waals surface area (Å²) in [6.07, 6.45) is 1.12. The first-order chi connectivity index (χ1) is 8.61. The van der Waals surface area contributed by atoms with Crippen molar-refractivity contribution >= 4 is 9.52 Å². The van der Waals surface area contributed by atoms with Crippen LogP contribution in [0.15, 0.2) is 0 Å². The third-order valence-electron chi connectivity index (χ3n) is 3.48. The maximum Gasteiger partial charge on any atom is 0.141 e. The minimum absolute atomic E-state index is 0.304. The lowest BCUT2D eigenvalue weighted by Gasteiger charge is -2.26. The highest BCUT2D eigenvalue weighted by molar-refractivity contribution is 6.38. The molecule has 0 bridgehead atoms. The van der Waals surface area contributed by atoms with Crippen LogP contribution < -0.4 is 0 Å². The Hall–Kier alpha value is 0.0569. The lowest BCUT2D eigenvalue weighted by Crippen LogP contribution is -2.36. The quantitative estimate of drug-likeness (QED) is 0.305. The van der Waals surface area contributed by atoms with Crippen molar-refractivity contribution < 1.29 is 14.2 Å². The number of nitrogens with zero attached hydrogens (tertiary/aromatic N) is 1. The van der Waals surface area contributed by atoms with Crippen LogP contribution in [-0.4, -0.2) is 66.9 Å². The first-order valence-corrected chi connectivity index (χ1v) is 8.73. The number of hydrogen-bond donors (Lipinski definition) is 0. The van der Waals surface area contributed by atoms with Gasteiger partial charge in [-0.05, 0) is 26.4 Å². The Morgan fingerprint density at radius 3 is 2.17 bits per heavy atom. The Balaban J connectivity index is 3.41. The molecule has 0 unspecified atom stereocenters. The minimum atomic E-state index is -0.365. The van der Waals surface area contributed by atoms with E-state index < -0.39 is 0 Å². The van der Waals surface area contributed by atoms with Gasteiger partial charge in [-0.25, -0.2) is 0 Å². The Bertz CT molecular complexity index is 185. The average Bonchev–Trinajstić information content (AvgIpc) is 2.41. The van der Waals surface area contributed by atoms with Crippen LogP contribution in [0.2, 0.25) is 6.04 Å². The van der Waals surface area contributed by atoms with Gasteiger partial charge >= 0.3 is 0 Å². The van der Waals surface area contributed by atoms with Crippen molar-refractivity contribution in [1.82, 2.24) is 4.90 Å². The van der Waals surface area contributed by atoms with E-state index in [9.17, 15) is 0 Å². The predicted octanol–water partition coefficient (Wildman–Crippen LogP) is 1.29. The van der Waals surface area contributed by atoms with E-state index in [2.05, 4.69) is 18.7 Å². The molecule has 0 aliphatic heterocycles. The van der Waals surface area contributed by atoms with Crippen molar-refractivity contribution in [3.05, 3.63) is 0 Å². The van der Waals surface area contributed by atoms with Crippen LogP contribution in [0.4, 0.5) is 0 Å². The lowest BCUT2D eigenvalue weighted by molar-refractivity contribution is -0.130. The van der Waals surface area contributed by atoms with Gasteiger partial charge in [0.25, 0.3) is 0 Å². The van der Waals surface area contributed by atoms with Crippen LogP contribution >= 0.6 is 0 Å². The number of methoxy groups -OCH3 is 2. The molecule has 0 aliphatic rings. The van der Waals surface area contributed by atoms with Crippen molar-refractivity contribution in [1.29, 1.82) is 0 Å².